The monoisotopic (exact) mass is 404 g/mol. The molecule has 0 aliphatic heterocycles. The summed E-state index contributed by atoms with van der Waals surface area (Å²) in [5, 5.41) is 3.05. The van der Waals surface area contributed by atoms with Gasteiger partial charge in [0, 0.05) is 16.7 Å². The number of hydrogen-bond acceptors (Lipinski definition) is 3. The van der Waals surface area contributed by atoms with E-state index < -0.39 is 0 Å². The maximum absolute atomic E-state index is 12.3. The van der Waals surface area contributed by atoms with Gasteiger partial charge in [-0.05, 0) is 55.8 Å². The largest absolute Gasteiger partial charge is 0.492 e. The van der Waals surface area contributed by atoms with Crippen molar-refractivity contribution in [2.75, 3.05) is 32.1 Å². The lowest BCUT2D eigenvalue weighted by Gasteiger charge is -2.18. The minimum Gasteiger partial charge on any atom is -0.492 e. The molecule has 25 heavy (non-hydrogen) atoms. The standard InChI is InChI=1S/C20H25BrN2O2/c1-4-16-7-5-6-15(2)20(16)22-19(24)14-23(3)12-13-25-18-10-8-17(21)9-11-18/h5-11H,4,12-14H2,1-3H3,(H,22,24). The number of aryl methyl sites for hydroxylation is 2. The maximum atomic E-state index is 12.3. The second-order valence-electron chi connectivity index (χ2n) is 6.05. The molecule has 0 atom stereocenters. The van der Waals surface area contributed by atoms with Crippen LogP contribution < -0.4 is 10.1 Å². The first-order valence-corrected chi connectivity index (χ1v) is 9.24. The lowest BCUT2D eigenvalue weighted by Crippen LogP contribution is -2.33. The van der Waals surface area contributed by atoms with Crippen molar-refractivity contribution in [3.05, 3.63) is 58.1 Å². The average molecular weight is 405 g/mol. The number of ether oxygens (including phenoxy) is 1. The Hall–Kier alpha value is -1.85. The van der Waals surface area contributed by atoms with Crippen molar-refractivity contribution in [2.24, 2.45) is 0 Å². The first kappa shape index (κ1) is 19.5. The number of anilines is 1. The molecule has 2 rings (SSSR count). The number of hydrogen-bond donors (Lipinski definition) is 1. The Bertz CT molecular complexity index is 701. The zero-order valence-corrected chi connectivity index (χ0v) is 16.6. The molecule has 0 heterocycles. The lowest BCUT2D eigenvalue weighted by molar-refractivity contribution is -0.117. The number of nitrogens with one attached hydrogen (secondary N) is 1. The number of halogens is 1. The molecule has 2 aromatic rings. The van der Waals surface area contributed by atoms with E-state index in [2.05, 4.69) is 34.2 Å². The number of likely N-dealkylation sites (N-methyl/N-ethyl adjacent to an activating group) is 1. The molecule has 1 amide bonds. The highest BCUT2D eigenvalue weighted by Crippen LogP contribution is 2.21. The summed E-state index contributed by atoms with van der Waals surface area (Å²) < 4.78 is 6.72. The Labute approximate surface area is 158 Å². The first-order valence-electron chi connectivity index (χ1n) is 8.45. The summed E-state index contributed by atoms with van der Waals surface area (Å²) in [5.74, 6) is 0.823. The van der Waals surface area contributed by atoms with Crippen molar-refractivity contribution >= 4 is 27.5 Å². The van der Waals surface area contributed by atoms with Gasteiger partial charge in [0.1, 0.15) is 12.4 Å². The van der Waals surface area contributed by atoms with Crippen LogP contribution in [0.15, 0.2) is 46.9 Å². The molecule has 0 aliphatic carbocycles. The SMILES string of the molecule is CCc1cccc(C)c1NC(=O)CN(C)CCOc1ccc(Br)cc1. The summed E-state index contributed by atoms with van der Waals surface area (Å²) in [6.45, 7) is 5.66. The van der Waals surface area contributed by atoms with Crippen molar-refractivity contribution in [2.45, 2.75) is 20.3 Å². The van der Waals surface area contributed by atoms with E-state index >= 15 is 0 Å². The number of nitrogens with zero attached hydrogens (tertiary/aromatic N) is 1. The van der Waals surface area contributed by atoms with Crippen molar-refractivity contribution in [1.29, 1.82) is 0 Å². The van der Waals surface area contributed by atoms with Crippen LogP contribution in [0, 0.1) is 6.92 Å². The minimum absolute atomic E-state index is 0.00450. The molecule has 134 valence electrons. The molecule has 0 radical (unpaired) electrons. The third kappa shape index (κ3) is 6.18. The van der Waals surface area contributed by atoms with E-state index in [4.69, 9.17) is 4.74 Å². The summed E-state index contributed by atoms with van der Waals surface area (Å²) in [4.78, 5) is 14.3. The summed E-state index contributed by atoms with van der Waals surface area (Å²) in [6, 6.07) is 13.8. The van der Waals surface area contributed by atoms with Crippen LogP contribution in [0.25, 0.3) is 0 Å². The topological polar surface area (TPSA) is 41.6 Å². The van der Waals surface area contributed by atoms with Gasteiger partial charge in [0.25, 0.3) is 0 Å². The summed E-state index contributed by atoms with van der Waals surface area (Å²) in [5.41, 5.74) is 3.19. The highest BCUT2D eigenvalue weighted by molar-refractivity contribution is 9.10. The lowest BCUT2D eigenvalue weighted by atomic mass is 10.1. The van der Waals surface area contributed by atoms with Crippen LogP contribution in [0.3, 0.4) is 0 Å². The van der Waals surface area contributed by atoms with Gasteiger partial charge >= 0.3 is 0 Å². The summed E-state index contributed by atoms with van der Waals surface area (Å²) >= 11 is 3.40. The fourth-order valence-corrected chi connectivity index (χ4v) is 2.82. The van der Waals surface area contributed by atoms with Gasteiger partial charge in [-0.25, -0.2) is 0 Å². The highest BCUT2D eigenvalue weighted by Gasteiger charge is 2.11. The molecule has 0 aromatic heterocycles. The highest BCUT2D eigenvalue weighted by atomic mass is 79.9. The molecule has 0 unspecified atom stereocenters. The molecule has 0 aliphatic rings. The predicted octanol–water partition coefficient (Wildman–Crippen LogP) is 4.27. The summed E-state index contributed by atoms with van der Waals surface area (Å²) in [6.07, 6.45) is 0.897. The van der Waals surface area contributed by atoms with Crippen LogP contribution in [0.1, 0.15) is 18.1 Å². The number of para-hydroxylation sites is 1. The Morgan fingerprint density at radius 1 is 1.20 bits per heavy atom. The predicted molar refractivity (Wildman–Crippen MR) is 106 cm³/mol. The molecule has 0 bridgehead atoms. The molecule has 1 N–H and O–H groups in total. The van der Waals surface area contributed by atoms with E-state index in [9.17, 15) is 4.79 Å². The molecule has 5 heteroatoms. The Kier molecular flexibility index (Phi) is 7.47. The van der Waals surface area contributed by atoms with Crippen LogP contribution in [-0.4, -0.2) is 37.6 Å². The first-order chi connectivity index (χ1) is 12.0. The number of amides is 1. The van der Waals surface area contributed by atoms with E-state index in [1.807, 2.05) is 55.3 Å². The van der Waals surface area contributed by atoms with Crippen LogP contribution in [-0.2, 0) is 11.2 Å². The molecule has 0 saturated carbocycles. The zero-order valence-electron chi connectivity index (χ0n) is 15.0. The van der Waals surface area contributed by atoms with Gasteiger partial charge in [-0.15, -0.1) is 0 Å². The summed E-state index contributed by atoms with van der Waals surface area (Å²) in [7, 11) is 1.92. The van der Waals surface area contributed by atoms with Crippen LogP contribution >= 0.6 is 15.9 Å². The van der Waals surface area contributed by atoms with Gasteiger partial charge < -0.3 is 10.1 Å². The van der Waals surface area contributed by atoms with Crippen molar-refractivity contribution in [3.63, 3.8) is 0 Å². The Balaban J connectivity index is 1.79. The van der Waals surface area contributed by atoms with E-state index in [-0.39, 0.29) is 5.91 Å². The van der Waals surface area contributed by atoms with Crippen LogP contribution in [0.4, 0.5) is 5.69 Å². The average Bonchev–Trinajstić information content (AvgIpc) is 2.58. The molecule has 2 aromatic carbocycles. The number of carbonyl (C=O) groups excluding carboxylic acids is 1. The van der Waals surface area contributed by atoms with Crippen molar-refractivity contribution in [3.8, 4) is 5.75 Å². The second kappa shape index (κ2) is 9.59. The Morgan fingerprint density at radius 2 is 1.92 bits per heavy atom. The van der Waals surface area contributed by atoms with E-state index in [0.29, 0.717) is 19.7 Å². The van der Waals surface area contributed by atoms with Gasteiger partial charge in [0.2, 0.25) is 5.91 Å². The van der Waals surface area contributed by atoms with Gasteiger partial charge in [-0.3, -0.25) is 9.69 Å². The van der Waals surface area contributed by atoms with Crippen LogP contribution in [0.5, 0.6) is 5.75 Å². The normalized spacial score (nSPS) is 10.8. The number of carbonyl (C=O) groups is 1. The molecular weight excluding hydrogens is 380 g/mol. The third-order valence-electron chi connectivity index (χ3n) is 3.97. The zero-order chi connectivity index (χ0) is 18.2. The van der Waals surface area contributed by atoms with Gasteiger partial charge in [0.05, 0.1) is 6.54 Å². The smallest absolute Gasteiger partial charge is 0.238 e. The fraction of sp³-hybridized carbons (Fsp3) is 0.350. The van der Waals surface area contributed by atoms with Crippen molar-refractivity contribution < 1.29 is 9.53 Å². The van der Waals surface area contributed by atoms with Crippen molar-refractivity contribution in [1.82, 2.24) is 4.90 Å². The third-order valence-corrected chi connectivity index (χ3v) is 4.50. The van der Waals surface area contributed by atoms with E-state index in [1.165, 1.54) is 0 Å². The molecule has 0 saturated heterocycles. The van der Waals surface area contributed by atoms with Gasteiger partial charge in [-0.2, -0.15) is 0 Å². The van der Waals surface area contributed by atoms with Gasteiger partial charge in [-0.1, -0.05) is 41.1 Å². The Morgan fingerprint density at radius 3 is 2.60 bits per heavy atom. The second-order valence-corrected chi connectivity index (χ2v) is 6.97. The number of rotatable bonds is 8. The van der Waals surface area contributed by atoms with E-state index in [1.54, 1.807) is 0 Å². The molecule has 0 spiro atoms. The van der Waals surface area contributed by atoms with Crippen LogP contribution in [0.2, 0.25) is 0 Å². The fourth-order valence-electron chi connectivity index (χ4n) is 2.56. The quantitative estimate of drug-likeness (QED) is 0.713. The van der Waals surface area contributed by atoms with Gasteiger partial charge in [0.15, 0.2) is 0 Å². The van der Waals surface area contributed by atoms with E-state index in [0.717, 1.165) is 33.5 Å². The maximum Gasteiger partial charge on any atom is 0.238 e. The minimum atomic E-state index is -0.00450. The molecule has 0 fully saturated rings. The number of benzene rings is 2. The molecular formula is C20H25BrN2O2. The molecule has 4 nitrogen and oxygen atoms in total.